The second kappa shape index (κ2) is 10.8. The van der Waals surface area contributed by atoms with Gasteiger partial charge in [-0.1, -0.05) is 25.5 Å². The van der Waals surface area contributed by atoms with Crippen LogP contribution in [0.25, 0.3) is 11.8 Å². The summed E-state index contributed by atoms with van der Waals surface area (Å²) in [5.74, 6) is 1.05. The molecule has 0 radical (unpaired) electrons. The number of aromatic nitrogens is 3. The lowest BCUT2D eigenvalue weighted by atomic mass is 9.45. The first-order valence-electron chi connectivity index (χ1n) is 17.0. The van der Waals surface area contributed by atoms with Crippen molar-refractivity contribution < 1.29 is 19.4 Å². The van der Waals surface area contributed by atoms with Crippen LogP contribution in [-0.2, 0) is 11.2 Å². The van der Waals surface area contributed by atoms with E-state index in [4.69, 9.17) is 0 Å². The number of aliphatic hydroxyl groups excluding tert-OH is 1. The summed E-state index contributed by atoms with van der Waals surface area (Å²) in [6.45, 7) is 7.72. The Morgan fingerprint density at radius 1 is 1.07 bits per heavy atom. The average molecular weight is 626 g/mol. The summed E-state index contributed by atoms with van der Waals surface area (Å²) in [5, 5.41) is 29.0. The van der Waals surface area contributed by atoms with E-state index in [1.807, 2.05) is 29.1 Å². The minimum Gasteiger partial charge on any atom is -0.393 e. The standard InChI is InChI=1S/C37H44FN5O3/c1-35-20-24-22-40-43(27-9-7-26(38)8-10-27)30(24)19-25(35)6-11-28-29-12-13-37(46,36(29,2)21-31(44)34(28)35)32(45)23-41-15-17-42(18-16-41)33-5-3-4-14-39-33/h3-5,7-10,14,19,22,28-29,31,34,44,46H,6,11-13,15-18,20-21,23H2,1-2H3/t28?,29?,31-,34?,35-,36-,37-/m0/s1. The zero-order valence-corrected chi connectivity index (χ0v) is 26.8. The minimum atomic E-state index is -1.44. The molecule has 0 bridgehead atoms. The number of Topliss-reactive ketones (excluding diaryl/α,β-unsaturated/α-hetero) is 1. The van der Waals surface area contributed by atoms with Gasteiger partial charge in [-0.2, -0.15) is 5.10 Å². The number of anilines is 1. The number of nitrogens with zero attached hydrogens (tertiary/aromatic N) is 5. The number of hydrogen-bond acceptors (Lipinski definition) is 7. The van der Waals surface area contributed by atoms with E-state index in [9.17, 15) is 19.4 Å². The zero-order chi connectivity index (χ0) is 31.8. The number of piperazine rings is 1. The summed E-state index contributed by atoms with van der Waals surface area (Å²) in [5.41, 5.74) is 2.01. The Balaban J connectivity index is 1.00. The van der Waals surface area contributed by atoms with Gasteiger partial charge in [-0.05, 0) is 110 Å². The van der Waals surface area contributed by atoms with Crippen molar-refractivity contribution in [1.29, 1.82) is 0 Å². The maximum absolute atomic E-state index is 14.0. The number of allylic oxidation sites excluding steroid dienone is 1. The van der Waals surface area contributed by atoms with Crippen LogP contribution >= 0.6 is 0 Å². The number of fused-ring (bicyclic) bond motifs is 6. The van der Waals surface area contributed by atoms with Gasteiger partial charge in [-0.15, -0.1) is 0 Å². The van der Waals surface area contributed by atoms with Crippen LogP contribution in [0.4, 0.5) is 10.2 Å². The molecule has 1 aliphatic heterocycles. The fourth-order valence-corrected chi connectivity index (χ4v) is 10.4. The number of aliphatic hydroxyl groups is 2. The monoisotopic (exact) mass is 625 g/mol. The normalized spacial score (nSPS) is 35.5. The molecule has 1 aromatic carbocycles. The molecule has 3 heterocycles. The predicted octanol–water partition coefficient (Wildman–Crippen LogP) is 4.68. The first-order valence-corrected chi connectivity index (χ1v) is 17.0. The van der Waals surface area contributed by atoms with Gasteiger partial charge in [-0.25, -0.2) is 14.1 Å². The Morgan fingerprint density at radius 2 is 1.85 bits per heavy atom. The number of halogens is 1. The molecule has 5 aliphatic rings. The van der Waals surface area contributed by atoms with Crippen molar-refractivity contribution in [2.45, 2.75) is 64.1 Å². The second-order valence-corrected chi connectivity index (χ2v) is 15.0. The van der Waals surface area contributed by atoms with E-state index in [0.29, 0.717) is 12.8 Å². The summed E-state index contributed by atoms with van der Waals surface area (Å²) in [6.07, 6.45) is 9.70. The average Bonchev–Trinajstić information content (AvgIpc) is 3.58. The van der Waals surface area contributed by atoms with E-state index < -0.39 is 17.1 Å². The predicted molar refractivity (Wildman–Crippen MR) is 174 cm³/mol. The van der Waals surface area contributed by atoms with Crippen LogP contribution in [0.5, 0.6) is 0 Å². The molecule has 46 heavy (non-hydrogen) atoms. The van der Waals surface area contributed by atoms with Crippen molar-refractivity contribution in [2.75, 3.05) is 37.6 Å². The molecular weight excluding hydrogens is 581 g/mol. The highest BCUT2D eigenvalue weighted by atomic mass is 19.1. The fraction of sp³-hybridized carbons (Fsp3) is 0.541. The van der Waals surface area contributed by atoms with Gasteiger partial charge in [0.25, 0.3) is 0 Å². The smallest absolute Gasteiger partial charge is 0.178 e. The lowest BCUT2D eigenvalue weighted by Gasteiger charge is -2.60. The Bertz CT molecular complexity index is 1670. The van der Waals surface area contributed by atoms with Gasteiger partial charge in [0, 0.05) is 37.8 Å². The molecule has 2 aromatic heterocycles. The topological polar surface area (TPSA) is 94.7 Å². The zero-order valence-electron chi connectivity index (χ0n) is 26.8. The lowest BCUT2D eigenvalue weighted by Crippen LogP contribution is -2.63. The largest absolute Gasteiger partial charge is 0.393 e. The van der Waals surface area contributed by atoms with Crippen molar-refractivity contribution in [2.24, 2.45) is 28.6 Å². The molecule has 3 aromatic rings. The molecule has 4 fully saturated rings. The number of ketones is 1. The third kappa shape index (κ3) is 4.45. The SMILES string of the molecule is C[C@]12Cc3cnn(-c4ccc(F)cc4)c3C=C1CCC1C2[C@@H](O)C[C@@]2(C)C1CC[C@]2(O)C(=O)CN1CCN(c2ccccn2)CC1. The maximum Gasteiger partial charge on any atom is 0.178 e. The summed E-state index contributed by atoms with van der Waals surface area (Å²) in [4.78, 5) is 22.9. The highest BCUT2D eigenvalue weighted by Gasteiger charge is 2.68. The van der Waals surface area contributed by atoms with Crippen LogP contribution in [0.3, 0.4) is 0 Å². The highest BCUT2D eigenvalue weighted by Crippen LogP contribution is 2.67. The van der Waals surface area contributed by atoms with Gasteiger partial charge >= 0.3 is 0 Å². The molecule has 2 N–H and O–H groups in total. The minimum absolute atomic E-state index is 0.0463. The molecule has 1 saturated heterocycles. The number of rotatable bonds is 5. The van der Waals surface area contributed by atoms with Gasteiger partial charge in [0.05, 0.1) is 30.2 Å². The lowest BCUT2D eigenvalue weighted by molar-refractivity contribution is -0.180. The van der Waals surface area contributed by atoms with Crippen molar-refractivity contribution in [3.05, 3.63) is 77.5 Å². The summed E-state index contributed by atoms with van der Waals surface area (Å²) in [7, 11) is 0. The number of pyridine rings is 1. The molecule has 8 rings (SSSR count). The maximum atomic E-state index is 14.0. The van der Waals surface area contributed by atoms with Crippen LogP contribution in [0, 0.1) is 34.4 Å². The summed E-state index contributed by atoms with van der Waals surface area (Å²) < 4.78 is 15.5. The molecule has 7 atom stereocenters. The van der Waals surface area contributed by atoms with Crippen LogP contribution in [0.1, 0.15) is 57.2 Å². The first kappa shape index (κ1) is 30.0. The van der Waals surface area contributed by atoms with E-state index in [1.54, 1.807) is 18.3 Å². The van der Waals surface area contributed by atoms with Crippen molar-refractivity contribution in [3.63, 3.8) is 0 Å². The van der Waals surface area contributed by atoms with Crippen molar-refractivity contribution >= 4 is 17.7 Å². The molecule has 9 heteroatoms. The highest BCUT2D eigenvalue weighted by molar-refractivity contribution is 5.90. The van der Waals surface area contributed by atoms with Crippen LogP contribution in [0.15, 0.2) is 60.4 Å². The Hall–Kier alpha value is -3.40. The fourth-order valence-electron chi connectivity index (χ4n) is 10.4. The van der Waals surface area contributed by atoms with Gasteiger partial charge in [0.2, 0.25) is 0 Å². The van der Waals surface area contributed by atoms with E-state index in [0.717, 1.165) is 74.6 Å². The summed E-state index contributed by atoms with van der Waals surface area (Å²) >= 11 is 0. The van der Waals surface area contributed by atoms with Gasteiger partial charge in [0.15, 0.2) is 5.78 Å². The first-order chi connectivity index (χ1) is 22.1. The quantitative estimate of drug-likeness (QED) is 0.425. The number of benzene rings is 1. The van der Waals surface area contributed by atoms with Crippen LogP contribution in [0.2, 0.25) is 0 Å². The second-order valence-electron chi connectivity index (χ2n) is 15.0. The molecule has 8 nitrogen and oxygen atoms in total. The number of carbonyl (C=O) groups excluding carboxylic acids is 1. The van der Waals surface area contributed by atoms with Crippen molar-refractivity contribution in [3.8, 4) is 5.69 Å². The molecule has 4 aliphatic carbocycles. The van der Waals surface area contributed by atoms with Gasteiger partial charge in [0.1, 0.15) is 17.2 Å². The molecule has 3 saturated carbocycles. The Morgan fingerprint density at radius 3 is 2.59 bits per heavy atom. The van der Waals surface area contributed by atoms with Crippen LogP contribution < -0.4 is 4.90 Å². The molecule has 0 amide bonds. The van der Waals surface area contributed by atoms with E-state index in [2.05, 4.69) is 39.8 Å². The van der Waals surface area contributed by atoms with Crippen molar-refractivity contribution in [1.82, 2.24) is 19.7 Å². The number of hydrogen-bond donors (Lipinski definition) is 2. The van der Waals surface area contributed by atoms with Gasteiger partial charge in [-0.3, -0.25) is 9.69 Å². The van der Waals surface area contributed by atoms with E-state index in [-0.39, 0.29) is 41.3 Å². The van der Waals surface area contributed by atoms with E-state index in [1.165, 1.54) is 17.7 Å². The molecule has 0 spiro atoms. The molecule has 3 unspecified atom stereocenters. The summed E-state index contributed by atoms with van der Waals surface area (Å²) in [6, 6.07) is 12.3. The van der Waals surface area contributed by atoms with Gasteiger partial charge < -0.3 is 15.1 Å². The van der Waals surface area contributed by atoms with Crippen LogP contribution in [-0.4, -0.2) is 80.1 Å². The third-order valence-corrected chi connectivity index (χ3v) is 12.8. The third-order valence-electron chi connectivity index (χ3n) is 12.8. The number of carbonyl (C=O) groups is 1. The molecular formula is C37H44FN5O3. The Labute approximate surface area is 269 Å². The Kier molecular flexibility index (Phi) is 7.05. The van der Waals surface area contributed by atoms with E-state index >= 15 is 0 Å². The molecule has 242 valence electrons.